The summed E-state index contributed by atoms with van der Waals surface area (Å²) in [6.45, 7) is 0. The molecule has 1 unspecified atom stereocenters. The highest BCUT2D eigenvalue weighted by atomic mass is 19.4. The number of nitrogens with one attached hydrogen (secondary N) is 1. The monoisotopic (exact) mass is 361 g/mol. The van der Waals surface area contributed by atoms with E-state index in [1.807, 2.05) is 0 Å². The van der Waals surface area contributed by atoms with Gasteiger partial charge in [0.25, 0.3) is 5.91 Å². The first-order valence-electron chi connectivity index (χ1n) is 6.20. The van der Waals surface area contributed by atoms with E-state index in [9.17, 15) is 40.3 Å². The fourth-order valence-electron chi connectivity index (χ4n) is 1.62. The molecule has 4 nitrogen and oxygen atoms in total. The van der Waals surface area contributed by atoms with Gasteiger partial charge in [-0.3, -0.25) is 4.79 Å². The zero-order chi connectivity index (χ0) is 18.8. The van der Waals surface area contributed by atoms with Crippen molar-refractivity contribution < 1.29 is 45.4 Å². The van der Waals surface area contributed by atoms with Gasteiger partial charge in [0, 0.05) is 6.42 Å². The number of amides is 1. The minimum absolute atomic E-state index is 0.232. The van der Waals surface area contributed by atoms with Gasteiger partial charge in [-0.1, -0.05) is 30.3 Å². The van der Waals surface area contributed by atoms with Gasteiger partial charge in [-0.2, -0.15) is 30.7 Å². The molecule has 0 heterocycles. The van der Waals surface area contributed by atoms with E-state index in [0.717, 1.165) is 5.32 Å². The van der Waals surface area contributed by atoms with Crippen LogP contribution in [-0.4, -0.2) is 41.0 Å². The number of rotatable bonds is 6. The third kappa shape index (κ3) is 3.95. The quantitative estimate of drug-likeness (QED) is 0.766. The Morgan fingerprint density at radius 3 is 1.92 bits per heavy atom. The second-order valence-electron chi connectivity index (χ2n) is 4.70. The van der Waals surface area contributed by atoms with Gasteiger partial charge in [-0.05, 0) is 5.56 Å². The molecule has 134 valence electrons. The number of hydrogen-bond donors (Lipinski definition) is 2. The molecule has 0 fully saturated rings. The lowest BCUT2D eigenvalue weighted by Gasteiger charge is -2.28. The summed E-state index contributed by atoms with van der Waals surface area (Å²) in [6, 6.07) is 5.02. The normalized spacial score (nSPS) is 14.1. The first-order chi connectivity index (χ1) is 10.8. The Hall–Kier alpha value is -2.33. The fourth-order valence-corrected chi connectivity index (χ4v) is 1.62. The maximum atomic E-state index is 13.2. The average molecular weight is 361 g/mol. The van der Waals surface area contributed by atoms with Gasteiger partial charge in [0.2, 0.25) is 0 Å². The van der Waals surface area contributed by atoms with Crippen LogP contribution in [0.25, 0.3) is 0 Å². The summed E-state index contributed by atoms with van der Waals surface area (Å²) in [5, 5.41) is 9.86. The van der Waals surface area contributed by atoms with Gasteiger partial charge < -0.3 is 10.4 Å². The number of benzene rings is 1. The van der Waals surface area contributed by atoms with Crippen LogP contribution < -0.4 is 5.32 Å². The number of halogens is 7. The van der Waals surface area contributed by atoms with Crippen LogP contribution in [-0.2, 0) is 16.0 Å². The lowest BCUT2D eigenvalue weighted by Crippen LogP contribution is -2.61. The number of carbonyl (C=O) groups is 2. The van der Waals surface area contributed by atoms with Crippen LogP contribution in [0.5, 0.6) is 0 Å². The van der Waals surface area contributed by atoms with Crippen LogP contribution in [0.2, 0.25) is 0 Å². The summed E-state index contributed by atoms with van der Waals surface area (Å²) in [5.41, 5.74) is 0.232. The summed E-state index contributed by atoms with van der Waals surface area (Å²) < 4.78 is 87.9. The van der Waals surface area contributed by atoms with Gasteiger partial charge in [0.15, 0.2) is 0 Å². The lowest BCUT2D eigenvalue weighted by molar-refractivity contribution is -0.344. The van der Waals surface area contributed by atoms with E-state index in [0.29, 0.717) is 0 Å². The van der Waals surface area contributed by atoms with E-state index in [2.05, 4.69) is 0 Å². The number of aliphatic carboxylic acids is 1. The summed E-state index contributed by atoms with van der Waals surface area (Å²) in [4.78, 5) is 22.1. The molecule has 0 saturated heterocycles. The Morgan fingerprint density at radius 1 is 1.00 bits per heavy atom. The van der Waals surface area contributed by atoms with E-state index in [1.54, 1.807) is 0 Å². The largest absolute Gasteiger partial charge is 0.480 e. The minimum atomic E-state index is -6.69. The maximum absolute atomic E-state index is 13.2. The summed E-state index contributed by atoms with van der Waals surface area (Å²) >= 11 is 0. The third-order valence-corrected chi connectivity index (χ3v) is 2.92. The van der Waals surface area contributed by atoms with E-state index in [4.69, 9.17) is 5.11 Å². The second kappa shape index (κ2) is 6.65. The third-order valence-electron chi connectivity index (χ3n) is 2.92. The molecule has 0 aliphatic rings. The maximum Gasteiger partial charge on any atom is 0.460 e. The molecule has 0 spiro atoms. The van der Waals surface area contributed by atoms with Crippen molar-refractivity contribution in [3.05, 3.63) is 35.9 Å². The van der Waals surface area contributed by atoms with E-state index >= 15 is 0 Å². The first kappa shape index (κ1) is 19.7. The van der Waals surface area contributed by atoms with Crippen molar-refractivity contribution in [2.75, 3.05) is 0 Å². The first-order valence-corrected chi connectivity index (χ1v) is 6.20. The van der Waals surface area contributed by atoms with Crippen LogP contribution in [0.4, 0.5) is 30.7 Å². The Labute approximate surface area is 130 Å². The van der Waals surface area contributed by atoms with Crippen LogP contribution >= 0.6 is 0 Å². The Kier molecular flexibility index (Phi) is 5.47. The van der Waals surface area contributed by atoms with Crippen molar-refractivity contribution in [3.63, 3.8) is 0 Å². The molecule has 0 aliphatic carbocycles. The van der Waals surface area contributed by atoms with E-state index in [1.165, 1.54) is 30.3 Å². The SMILES string of the molecule is O=C(O)C(Cc1ccccc1)NC(=O)C(F)(F)C(F)(F)C(F)(F)F. The van der Waals surface area contributed by atoms with Gasteiger partial charge in [0.05, 0.1) is 0 Å². The molecule has 1 amide bonds. The molecule has 24 heavy (non-hydrogen) atoms. The molecule has 0 bridgehead atoms. The van der Waals surface area contributed by atoms with Crippen molar-refractivity contribution in [1.82, 2.24) is 5.32 Å². The predicted molar refractivity (Wildman–Crippen MR) is 65.7 cm³/mol. The zero-order valence-electron chi connectivity index (χ0n) is 11.6. The molecular formula is C13H10F7NO3. The summed E-state index contributed by atoms with van der Waals surface area (Å²) in [5.74, 6) is -17.7. The molecule has 1 aromatic carbocycles. The molecule has 1 atom stereocenters. The van der Waals surface area contributed by atoms with E-state index in [-0.39, 0.29) is 5.56 Å². The number of alkyl halides is 7. The summed E-state index contributed by atoms with van der Waals surface area (Å²) in [7, 11) is 0. The van der Waals surface area contributed by atoms with Gasteiger partial charge in [-0.25, -0.2) is 4.79 Å². The highest BCUT2D eigenvalue weighted by Crippen LogP contribution is 2.46. The summed E-state index contributed by atoms with van der Waals surface area (Å²) in [6.07, 6.45) is -7.28. The van der Waals surface area contributed by atoms with Crippen molar-refractivity contribution in [2.45, 2.75) is 30.5 Å². The number of hydrogen-bond acceptors (Lipinski definition) is 2. The fraction of sp³-hybridized carbons (Fsp3) is 0.385. The molecule has 2 N–H and O–H groups in total. The molecular weight excluding hydrogens is 351 g/mol. The smallest absolute Gasteiger partial charge is 0.460 e. The van der Waals surface area contributed by atoms with Gasteiger partial charge >= 0.3 is 24.0 Å². The zero-order valence-corrected chi connectivity index (χ0v) is 11.6. The molecule has 11 heteroatoms. The highest BCUT2D eigenvalue weighted by molar-refractivity contribution is 5.89. The number of carboxylic acid groups (broad SMARTS) is 1. The number of carbonyl (C=O) groups excluding carboxylic acids is 1. The van der Waals surface area contributed by atoms with Crippen LogP contribution in [0.3, 0.4) is 0 Å². The molecule has 1 rings (SSSR count). The van der Waals surface area contributed by atoms with Crippen LogP contribution in [0, 0.1) is 0 Å². The van der Waals surface area contributed by atoms with E-state index < -0.39 is 42.4 Å². The van der Waals surface area contributed by atoms with Crippen LogP contribution in [0.1, 0.15) is 5.56 Å². The van der Waals surface area contributed by atoms with Crippen molar-refractivity contribution in [2.24, 2.45) is 0 Å². The van der Waals surface area contributed by atoms with Gasteiger partial charge in [-0.15, -0.1) is 0 Å². The van der Waals surface area contributed by atoms with Crippen molar-refractivity contribution >= 4 is 11.9 Å². The molecule has 1 aromatic rings. The predicted octanol–water partition coefficient (Wildman–Crippen LogP) is 2.63. The Bertz CT molecular complexity index is 601. The molecule has 0 aromatic heterocycles. The molecule has 0 aliphatic heterocycles. The topological polar surface area (TPSA) is 66.4 Å². The minimum Gasteiger partial charge on any atom is -0.480 e. The Morgan fingerprint density at radius 2 is 1.50 bits per heavy atom. The standard InChI is InChI=1S/C13H10F7NO3/c14-11(15,12(16,17)13(18,19)20)10(24)21-8(9(22)23)6-7-4-2-1-3-5-7/h1-5,8H,6H2,(H,21,24)(H,22,23). The molecule has 0 saturated carbocycles. The van der Waals surface area contributed by atoms with Crippen molar-refractivity contribution in [3.8, 4) is 0 Å². The van der Waals surface area contributed by atoms with Crippen LogP contribution in [0.15, 0.2) is 30.3 Å². The van der Waals surface area contributed by atoms with Gasteiger partial charge in [0.1, 0.15) is 6.04 Å². The average Bonchev–Trinajstić information content (AvgIpc) is 2.45. The Balaban J connectivity index is 2.98. The lowest BCUT2D eigenvalue weighted by atomic mass is 10.0. The second-order valence-corrected chi connectivity index (χ2v) is 4.70. The molecule has 0 radical (unpaired) electrons. The highest BCUT2D eigenvalue weighted by Gasteiger charge is 2.76. The number of carboxylic acids is 1. The van der Waals surface area contributed by atoms with Crippen molar-refractivity contribution in [1.29, 1.82) is 0 Å².